The van der Waals surface area contributed by atoms with Crippen LogP contribution in [0.25, 0.3) is 0 Å². The third-order valence-electron chi connectivity index (χ3n) is 2.55. The van der Waals surface area contributed by atoms with E-state index in [-0.39, 0.29) is 12.8 Å². The summed E-state index contributed by atoms with van der Waals surface area (Å²) in [5.41, 5.74) is 0. The molecule has 1 fully saturated rings. The van der Waals surface area contributed by atoms with Crippen molar-refractivity contribution in [2.24, 2.45) is 11.8 Å². The summed E-state index contributed by atoms with van der Waals surface area (Å²) in [6.45, 7) is 0. The molecule has 0 aliphatic heterocycles. The van der Waals surface area contributed by atoms with Crippen LogP contribution in [0, 0.1) is 11.8 Å². The van der Waals surface area contributed by atoms with Crippen molar-refractivity contribution in [3.63, 3.8) is 0 Å². The van der Waals surface area contributed by atoms with Crippen LogP contribution in [-0.4, -0.2) is 23.4 Å². The number of hydrogen-bond donors (Lipinski definition) is 1. The Bertz CT molecular complexity index is 226. The highest BCUT2D eigenvalue weighted by molar-refractivity contribution is 5.70. The number of halogens is 4. The van der Waals surface area contributed by atoms with Crippen LogP contribution >= 0.6 is 0 Å². The molecule has 6 heteroatoms. The number of carboxylic acid groups (broad SMARTS) is 1. The third-order valence-corrected chi connectivity index (χ3v) is 2.55. The highest BCUT2D eigenvalue weighted by Gasteiger charge is 2.46. The summed E-state index contributed by atoms with van der Waals surface area (Å²) in [6, 6.07) is 0. The maximum atomic E-state index is 13.0. The molecule has 0 spiro atoms. The molecule has 82 valence electrons. The molecule has 0 amide bonds. The van der Waals surface area contributed by atoms with Crippen LogP contribution in [0.5, 0.6) is 0 Å². The SMILES string of the molecule is O=C(O)C1CCC(C(F)(F)F)CC1F. The fraction of sp³-hybridized carbons (Fsp3) is 0.875. The Morgan fingerprint density at radius 2 is 1.86 bits per heavy atom. The molecule has 1 saturated carbocycles. The summed E-state index contributed by atoms with van der Waals surface area (Å²) in [4.78, 5) is 10.4. The standard InChI is InChI=1S/C8H10F4O2/c9-6-3-4(8(10,11)12)1-2-5(6)7(13)14/h4-6H,1-3H2,(H,13,14). The van der Waals surface area contributed by atoms with Gasteiger partial charge in [0.2, 0.25) is 0 Å². The Hall–Kier alpha value is -0.810. The summed E-state index contributed by atoms with van der Waals surface area (Å²) >= 11 is 0. The van der Waals surface area contributed by atoms with Gasteiger partial charge in [-0.15, -0.1) is 0 Å². The third kappa shape index (κ3) is 2.36. The first kappa shape index (κ1) is 11.3. The normalized spacial score (nSPS) is 34.1. The zero-order valence-corrected chi connectivity index (χ0v) is 7.22. The molecule has 1 N–H and O–H groups in total. The minimum Gasteiger partial charge on any atom is -0.481 e. The van der Waals surface area contributed by atoms with E-state index >= 15 is 0 Å². The number of carbonyl (C=O) groups is 1. The minimum absolute atomic E-state index is 0.235. The summed E-state index contributed by atoms with van der Waals surface area (Å²) in [7, 11) is 0. The van der Waals surface area contributed by atoms with Gasteiger partial charge in [0, 0.05) is 0 Å². The van der Waals surface area contributed by atoms with E-state index in [9.17, 15) is 22.4 Å². The molecular formula is C8H10F4O2. The van der Waals surface area contributed by atoms with Crippen LogP contribution in [0.3, 0.4) is 0 Å². The second-order valence-corrected chi connectivity index (χ2v) is 3.51. The lowest BCUT2D eigenvalue weighted by molar-refractivity contribution is -0.192. The Morgan fingerprint density at radius 1 is 1.29 bits per heavy atom. The predicted molar refractivity (Wildman–Crippen MR) is 39.4 cm³/mol. The van der Waals surface area contributed by atoms with Crippen molar-refractivity contribution >= 4 is 5.97 Å². The lowest BCUT2D eigenvalue weighted by atomic mass is 9.80. The van der Waals surface area contributed by atoms with E-state index in [4.69, 9.17) is 5.11 Å². The molecule has 2 nitrogen and oxygen atoms in total. The summed E-state index contributed by atoms with van der Waals surface area (Å²) in [5, 5.41) is 8.48. The molecule has 0 saturated heterocycles. The number of hydrogen-bond acceptors (Lipinski definition) is 1. The van der Waals surface area contributed by atoms with Gasteiger partial charge in [-0.25, -0.2) is 4.39 Å². The first-order chi connectivity index (χ1) is 6.32. The van der Waals surface area contributed by atoms with Gasteiger partial charge >= 0.3 is 12.1 Å². The molecule has 3 atom stereocenters. The summed E-state index contributed by atoms with van der Waals surface area (Å²) in [6.07, 6.45) is -7.54. The van der Waals surface area contributed by atoms with Crippen LogP contribution < -0.4 is 0 Å². The Morgan fingerprint density at radius 3 is 2.21 bits per heavy atom. The monoisotopic (exact) mass is 214 g/mol. The molecule has 0 heterocycles. The zero-order valence-electron chi connectivity index (χ0n) is 7.22. The van der Waals surface area contributed by atoms with Gasteiger partial charge < -0.3 is 5.11 Å². The number of alkyl halides is 4. The van der Waals surface area contributed by atoms with Crippen LogP contribution in [-0.2, 0) is 4.79 Å². The second kappa shape index (κ2) is 3.74. The molecule has 14 heavy (non-hydrogen) atoms. The molecule has 0 aromatic carbocycles. The second-order valence-electron chi connectivity index (χ2n) is 3.51. The minimum atomic E-state index is -4.41. The molecule has 0 radical (unpaired) electrons. The first-order valence-corrected chi connectivity index (χ1v) is 4.26. The highest BCUT2D eigenvalue weighted by atomic mass is 19.4. The van der Waals surface area contributed by atoms with Gasteiger partial charge in [0.1, 0.15) is 6.17 Å². The van der Waals surface area contributed by atoms with Crippen molar-refractivity contribution in [1.82, 2.24) is 0 Å². The summed E-state index contributed by atoms with van der Waals surface area (Å²) in [5.74, 6) is -4.31. The molecule has 1 aliphatic rings. The average Bonchev–Trinajstić information content (AvgIpc) is 2.01. The van der Waals surface area contributed by atoms with E-state index in [1.165, 1.54) is 0 Å². The molecule has 3 unspecified atom stereocenters. The van der Waals surface area contributed by atoms with Crippen molar-refractivity contribution in [3.05, 3.63) is 0 Å². The largest absolute Gasteiger partial charge is 0.481 e. The molecule has 1 rings (SSSR count). The van der Waals surface area contributed by atoms with Gasteiger partial charge in [-0.2, -0.15) is 13.2 Å². The van der Waals surface area contributed by atoms with E-state index in [0.29, 0.717) is 0 Å². The van der Waals surface area contributed by atoms with Crippen LogP contribution in [0.4, 0.5) is 17.6 Å². The first-order valence-electron chi connectivity index (χ1n) is 4.26. The van der Waals surface area contributed by atoms with E-state index < -0.39 is 36.6 Å². The van der Waals surface area contributed by atoms with E-state index in [1.807, 2.05) is 0 Å². The van der Waals surface area contributed by atoms with Crippen molar-refractivity contribution < 1.29 is 27.5 Å². The molecule has 0 aromatic rings. The molecule has 0 aromatic heterocycles. The van der Waals surface area contributed by atoms with Gasteiger partial charge in [0.15, 0.2) is 0 Å². The van der Waals surface area contributed by atoms with E-state index in [1.54, 1.807) is 0 Å². The van der Waals surface area contributed by atoms with Crippen LogP contribution in [0.1, 0.15) is 19.3 Å². The van der Waals surface area contributed by atoms with Crippen molar-refractivity contribution in [2.45, 2.75) is 31.6 Å². The zero-order chi connectivity index (χ0) is 10.9. The Balaban J connectivity index is 2.60. The lowest BCUT2D eigenvalue weighted by Gasteiger charge is -2.30. The Kier molecular flexibility index (Phi) is 3.01. The number of carboxylic acids is 1. The maximum absolute atomic E-state index is 13.0. The van der Waals surface area contributed by atoms with E-state index in [0.717, 1.165) is 0 Å². The van der Waals surface area contributed by atoms with Gasteiger partial charge in [0.25, 0.3) is 0 Å². The smallest absolute Gasteiger partial charge is 0.391 e. The van der Waals surface area contributed by atoms with Crippen molar-refractivity contribution in [3.8, 4) is 0 Å². The average molecular weight is 214 g/mol. The molecule has 0 bridgehead atoms. The number of rotatable bonds is 1. The van der Waals surface area contributed by atoms with Crippen LogP contribution in [0.15, 0.2) is 0 Å². The van der Waals surface area contributed by atoms with Gasteiger partial charge in [-0.3, -0.25) is 4.79 Å². The van der Waals surface area contributed by atoms with Crippen LogP contribution in [0.2, 0.25) is 0 Å². The lowest BCUT2D eigenvalue weighted by Crippen LogP contribution is -2.37. The fourth-order valence-electron chi connectivity index (χ4n) is 1.69. The molecular weight excluding hydrogens is 204 g/mol. The van der Waals surface area contributed by atoms with E-state index in [2.05, 4.69) is 0 Å². The van der Waals surface area contributed by atoms with Crippen molar-refractivity contribution in [1.29, 1.82) is 0 Å². The summed E-state index contributed by atoms with van der Waals surface area (Å²) < 4.78 is 49.4. The van der Waals surface area contributed by atoms with Crippen molar-refractivity contribution in [2.75, 3.05) is 0 Å². The maximum Gasteiger partial charge on any atom is 0.391 e. The number of aliphatic carboxylic acids is 1. The van der Waals surface area contributed by atoms with Gasteiger partial charge in [-0.05, 0) is 19.3 Å². The highest BCUT2D eigenvalue weighted by Crippen LogP contribution is 2.40. The predicted octanol–water partition coefficient (Wildman–Crippen LogP) is 2.39. The Labute approximate surface area is 77.9 Å². The quantitative estimate of drug-likeness (QED) is 0.680. The van der Waals surface area contributed by atoms with Gasteiger partial charge in [-0.1, -0.05) is 0 Å². The topological polar surface area (TPSA) is 37.3 Å². The van der Waals surface area contributed by atoms with Gasteiger partial charge in [0.05, 0.1) is 11.8 Å². The fourth-order valence-corrected chi connectivity index (χ4v) is 1.69. The molecule has 1 aliphatic carbocycles.